The second kappa shape index (κ2) is 9.49. The number of halogens is 2. The Morgan fingerprint density at radius 1 is 1.19 bits per heavy atom. The molecule has 0 aliphatic heterocycles. The smallest absolute Gasteiger partial charge is 0.298 e. The maximum absolute atomic E-state index is 12.6. The number of nitrogens with zero attached hydrogens (tertiary/aromatic N) is 4. The zero-order chi connectivity index (χ0) is 22.7. The first kappa shape index (κ1) is 22.0. The zero-order valence-electron chi connectivity index (χ0n) is 16.9. The molecule has 0 spiro atoms. The lowest BCUT2D eigenvalue weighted by Gasteiger charge is -2.08. The lowest BCUT2D eigenvalue weighted by Crippen LogP contribution is -2.29. The highest BCUT2D eigenvalue weighted by molar-refractivity contribution is 9.12. The first-order chi connectivity index (χ1) is 15.4. The van der Waals surface area contributed by atoms with Gasteiger partial charge in [-0.2, -0.15) is 10.1 Å². The summed E-state index contributed by atoms with van der Waals surface area (Å²) in [7, 11) is 1.56. The normalized spacial score (nSPS) is 12.0. The molecule has 0 atom stereocenters. The van der Waals surface area contributed by atoms with E-state index >= 15 is 0 Å². The summed E-state index contributed by atoms with van der Waals surface area (Å²) in [5.74, 6) is 0.336. The Morgan fingerprint density at radius 3 is 2.72 bits per heavy atom. The van der Waals surface area contributed by atoms with Gasteiger partial charge in [-0.15, -0.1) is 0 Å². The number of nitrogens with one attached hydrogen (secondary N) is 2. The third kappa shape index (κ3) is 4.81. The lowest BCUT2D eigenvalue weighted by molar-refractivity contribution is 0.808. The van der Waals surface area contributed by atoms with Crippen molar-refractivity contribution in [2.75, 3.05) is 5.43 Å². The molecule has 0 aliphatic rings. The van der Waals surface area contributed by atoms with E-state index in [0.29, 0.717) is 12.5 Å². The van der Waals surface area contributed by atoms with E-state index in [1.165, 1.54) is 4.57 Å². The molecule has 32 heavy (non-hydrogen) atoms. The van der Waals surface area contributed by atoms with Crippen LogP contribution in [0, 0.1) is 0 Å². The van der Waals surface area contributed by atoms with Gasteiger partial charge < -0.3 is 0 Å². The SMILES string of the molecule is Cn1c(=O)[nH]c(=O)c2c1nc(NN=CC(Br)=Cc1ccccc1)n2Cc1cccc(Br)c1. The van der Waals surface area contributed by atoms with Crippen molar-refractivity contribution in [3.05, 3.63) is 95.5 Å². The predicted octanol–water partition coefficient (Wildman–Crippen LogP) is 4.07. The van der Waals surface area contributed by atoms with Crippen LogP contribution in [-0.2, 0) is 13.6 Å². The molecule has 10 heteroatoms. The molecule has 0 saturated carbocycles. The Morgan fingerprint density at radius 2 is 1.97 bits per heavy atom. The fraction of sp³-hybridized carbons (Fsp3) is 0.0909. The molecular formula is C22H18Br2N6O2. The van der Waals surface area contributed by atoms with Gasteiger partial charge in [0.2, 0.25) is 5.95 Å². The number of hydrogen-bond donors (Lipinski definition) is 2. The third-order valence-electron chi connectivity index (χ3n) is 4.69. The van der Waals surface area contributed by atoms with E-state index in [2.05, 4.69) is 52.4 Å². The van der Waals surface area contributed by atoms with Crippen LogP contribution in [0.5, 0.6) is 0 Å². The van der Waals surface area contributed by atoms with Crippen molar-refractivity contribution in [3.8, 4) is 0 Å². The van der Waals surface area contributed by atoms with E-state index in [-0.39, 0.29) is 11.2 Å². The summed E-state index contributed by atoms with van der Waals surface area (Å²) in [6, 6.07) is 17.5. The Hall–Kier alpha value is -3.24. The van der Waals surface area contributed by atoms with Crippen LogP contribution >= 0.6 is 31.9 Å². The molecule has 0 fully saturated rings. The van der Waals surface area contributed by atoms with Crippen molar-refractivity contribution in [1.82, 2.24) is 19.1 Å². The maximum Gasteiger partial charge on any atom is 0.329 e. The molecule has 0 bridgehead atoms. The number of fused-ring (bicyclic) bond motifs is 1. The van der Waals surface area contributed by atoms with E-state index in [4.69, 9.17) is 0 Å². The van der Waals surface area contributed by atoms with Crippen LogP contribution in [0.1, 0.15) is 11.1 Å². The van der Waals surface area contributed by atoms with Crippen LogP contribution in [0.15, 0.2) is 78.2 Å². The van der Waals surface area contributed by atoms with Gasteiger partial charge in [0.1, 0.15) is 0 Å². The average molecular weight is 558 g/mol. The maximum atomic E-state index is 12.6. The Labute approximate surface area is 199 Å². The van der Waals surface area contributed by atoms with Gasteiger partial charge in [-0.25, -0.2) is 10.2 Å². The average Bonchev–Trinajstić information content (AvgIpc) is 3.11. The first-order valence-electron chi connectivity index (χ1n) is 9.57. The van der Waals surface area contributed by atoms with E-state index in [9.17, 15) is 9.59 Å². The highest BCUT2D eigenvalue weighted by atomic mass is 79.9. The second-order valence-corrected chi connectivity index (χ2v) is 8.78. The van der Waals surface area contributed by atoms with Gasteiger partial charge in [-0.1, -0.05) is 58.4 Å². The van der Waals surface area contributed by atoms with Gasteiger partial charge in [-0.05, 0) is 45.3 Å². The number of H-pyrrole nitrogens is 1. The summed E-state index contributed by atoms with van der Waals surface area (Å²) in [4.78, 5) is 31.4. The first-order valence-corrected chi connectivity index (χ1v) is 11.2. The fourth-order valence-electron chi connectivity index (χ4n) is 3.19. The van der Waals surface area contributed by atoms with Gasteiger partial charge in [0.05, 0.1) is 12.8 Å². The number of imidazole rings is 1. The van der Waals surface area contributed by atoms with Gasteiger partial charge in [-0.3, -0.25) is 18.9 Å². The lowest BCUT2D eigenvalue weighted by atomic mass is 10.2. The molecule has 4 rings (SSSR count). The molecule has 2 aromatic heterocycles. The largest absolute Gasteiger partial charge is 0.329 e. The van der Waals surface area contributed by atoms with Crippen LogP contribution in [0.4, 0.5) is 5.95 Å². The minimum atomic E-state index is -0.529. The molecule has 0 unspecified atom stereocenters. The van der Waals surface area contributed by atoms with E-state index in [0.717, 1.165) is 20.1 Å². The predicted molar refractivity (Wildman–Crippen MR) is 134 cm³/mol. The zero-order valence-corrected chi connectivity index (χ0v) is 20.1. The number of rotatable bonds is 6. The number of hydrogen-bond acceptors (Lipinski definition) is 5. The van der Waals surface area contributed by atoms with Crippen LogP contribution < -0.4 is 16.7 Å². The van der Waals surface area contributed by atoms with Crippen molar-refractivity contribution in [2.45, 2.75) is 6.54 Å². The fourth-order valence-corrected chi connectivity index (χ4v) is 4.00. The number of aromatic amines is 1. The van der Waals surface area contributed by atoms with E-state index < -0.39 is 11.2 Å². The molecular weight excluding hydrogens is 540 g/mol. The minimum absolute atomic E-state index is 0.269. The molecule has 2 heterocycles. The summed E-state index contributed by atoms with van der Waals surface area (Å²) >= 11 is 6.94. The van der Waals surface area contributed by atoms with Gasteiger partial charge in [0, 0.05) is 16.0 Å². The standard InChI is InChI=1S/C22H18Br2N6O2/c1-29-19-18(20(31)27-22(29)32)30(13-15-8-5-9-16(23)11-15)21(26-19)28-25-12-17(24)10-14-6-3-2-4-7-14/h2-12H,13H2,1H3,(H,26,28)(H,27,31,32). The quantitative estimate of drug-likeness (QED) is 0.276. The number of allylic oxidation sites excluding steroid dienone is 1. The van der Waals surface area contributed by atoms with Crippen LogP contribution in [-0.4, -0.2) is 25.3 Å². The topological polar surface area (TPSA) is 97.1 Å². The molecule has 4 aromatic rings. The molecule has 8 nitrogen and oxygen atoms in total. The molecule has 0 aliphatic carbocycles. The van der Waals surface area contributed by atoms with Crippen molar-refractivity contribution < 1.29 is 0 Å². The molecule has 0 radical (unpaired) electrons. The summed E-state index contributed by atoms with van der Waals surface area (Å²) in [6.07, 6.45) is 3.52. The number of anilines is 1. The Bertz CT molecular complexity index is 1450. The molecule has 2 aromatic carbocycles. The number of aryl methyl sites for hydroxylation is 1. The summed E-state index contributed by atoms with van der Waals surface area (Å²) < 4.78 is 4.66. The number of benzene rings is 2. The molecule has 162 valence electrons. The minimum Gasteiger partial charge on any atom is -0.298 e. The Kier molecular flexibility index (Phi) is 6.52. The third-order valence-corrected chi connectivity index (χ3v) is 5.62. The van der Waals surface area contributed by atoms with Crippen molar-refractivity contribution in [3.63, 3.8) is 0 Å². The molecule has 0 amide bonds. The van der Waals surface area contributed by atoms with Crippen LogP contribution in [0.2, 0.25) is 0 Å². The molecule has 2 N–H and O–H groups in total. The van der Waals surface area contributed by atoms with Gasteiger partial charge >= 0.3 is 5.69 Å². The molecule has 0 saturated heterocycles. The van der Waals surface area contributed by atoms with Crippen molar-refractivity contribution in [2.24, 2.45) is 12.1 Å². The second-order valence-electron chi connectivity index (χ2n) is 6.95. The highest BCUT2D eigenvalue weighted by Crippen LogP contribution is 2.20. The van der Waals surface area contributed by atoms with Gasteiger partial charge in [0.25, 0.3) is 5.56 Å². The van der Waals surface area contributed by atoms with Gasteiger partial charge in [0.15, 0.2) is 11.2 Å². The number of aromatic nitrogens is 4. The summed E-state index contributed by atoms with van der Waals surface area (Å²) in [6.45, 7) is 0.357. The van der Waals surface area contributed by atoms with E-state index in [1.807, 2.05) is 60.7 Å². The van der Waals surface area contributed by atoms with E-state index in [1.54, 1.807) is 17.8 Å². The Balaban J connectivity index is 1.72. The van der Waals surface area contributed by atoms with Crippen molar-refractivity contribution >= 4 is 61.3 Å². The van der Waals surface area contributed by atoms with Crippen LogP contribution in [0.3, 0.4) is 0 Å². The summed E-state index contributed by atoms with van der Waals surface area (Å²) in [5, 5.41) is 4.25. The van der Waals surface area contributed by atoms with Crippen LogP contribution in [0.25, 0.3) is 17.2 Å². The highest BCUT2D eigenvalue weighted by Gasteiger charge is 2.17. The van der Waals surface area contributed by atoms with Crippen molar-refractivity contribution in [1.29, 1.82) is 0 Å². The number of hydrazone groups is 1. The monoisotopic (exact) mass is 556 g/mol. The summed E-state index contributed by atoms with van der Waals surface area (Å²) in [5.41, 5.74) is 4.38.